The number of nitrogens with zero attached hydrogens (tertiary/aromatic N) is 1. The van der Waals surface area contributed by atoms with Crippen molar-refractivity contribution in [3.8, 4) is 0 Å². The van der Waals surface area contributed by atoms with Crippen molar-refractivity contribution in [2.45, 2.75) is 56.1 Å². The van der Waals surface area contributed by atoms with Gasteiger partial charge in [-0.2, -0.15) is 26.3 Å². The molecule has 0 aromatic rings. The molecule has 1 saturated carbocycles. The molecule has 1 saturated heterocycles. The van der Waals surface area contributed by atoms with Crippen LogP contribution in [-0.4, -0.2) is 34.5 Å². The smallest absolute Gasteiger partial charge is 0.245 e. The van der Waals surface area contributed by atoms with Crippen molar-refractivity contribution in [3.05, 3.63) is 0 Å². The fraction of sp³-hybridized carbons (Fsp3) is 1.00. The van der Waals surface area contributed by atoms with E-state index in [0.717, 1.165) is 30.0 Å². The van der Waals surface area contributed by atoms with Crippen molar-refractivity contribution in [3.63, 3.8) is 0 Å². The Morgan fingerprint density at radius 2 is 1.48 bits per heavy atom. The topological polar surface area (TPSA) is 3.24 Å². The van der Waals surface area contributed by atoms with Crippen LogP contribution in [-0.2, 0) is 0 Å². The molecule has 124 valence electrons. The molecule has 21 heavy (non-hydrogen) atoms. The van der Waals surface area contributed by atoms with Gasteiger partial charge in [0.1, 0.15) is 0 Å². The lowest BCUT2D eigenvalue weighted by Crippen LogP contribution is -2.53. The summed E-state index contributed by atoms with van der Waals surface area (Å²) in [5.41, 5.74) is 0. The molecule has 2 atom stereocenters. The van der Waals surface area contributed by atoms with Crippen molar-refractivity contribution in [1.82, 2.24) is 4.31 Å². The molecule has 0 aromatic heterocycles. The van der Waals surface area contributed by atoms with Gasteiger partial charge in [-0.15, -0.1) is 0 Å². The number of halogens is 6. The normalized spacial score (nSPS) is 29.3. The minimum atomic E-state index is -5.37. The molecule has 1 nitrogen and oxygen atoms in total. The monoisotopic (exact) mass is 335 g/mol. The fourth-order valence-electron chi connectivity index (χ4n) is 3.13. The second-order valence-corrected chi connectivity index (χ2v) is 7.26. The first-order valence-corrected chi connectivity index (χ1v) is 7.89. The van der Waals surface area contributed by atoms with E-state index in [4.69, 9.17) is 0 Å². The predicted molar refractivity (Wildman–Crippen MR) is 69.7 cm³/mol. The molecule has 2 aliphatic rings. The second-order valence-electron chi connectivity index (χ2n) is 6.05. The maximum absolute atomic E-state index is 13.6. The van der Waals surface area contributed by atoms with Crippen LogP contribution in [0.2, 0.25) is 0 Å². The minimum Gasteiger partial charge on any atom is -0.245 e. The molecule has 1 aliphatic carbocycles. The Balaban J connectivity index is 2.00. The third-order valence-corrected chi connectivity index (χ3v) is 5.49. The van der Waals surface area contributed by atoms with Crippen molar-refractivity contribution < 1.29 is 26.3 Å². The minimum absolute atomic E-state index is 0.172. The number of piperidine rings is 1. The van der Waals surface area contributed by atoms with Crippen LogP contribution in [0.3, 0.4) is 0 Å². The largest absolute Gasteiger partial charge is 0.382 e. The Morgan fingerprint density at radius 3 is 2.05 bits per heavy atom. The van der Waals surface area contributed by atoms with Gasteiger partial charge in [0, 0.05) is 32.0 Å². The van der Waals surface area contributed by atoms with Crippen molar-refractivity contribution in [2.24, 2.45) is 11.8 Å². The van der Waals surface area contributed by atoms with Gasteiger partial charge in [0.25, 0.3) is 0 Å². The van der Waals surface area contributed by atoms with Crippen molar-refractivity contribution in [2.75, 3.05) is 13.1 Å². The van der Waals surface area contributed by atoms with Crippen LogP contribution in [0.25, 0.3) is 0 Å². The van der Waals surface area contributed by atoms with E-state index in [2.05, 4.69) is 0 Å². The summed E-state index contributed by atoms with van der Waals surface area (Å²) in [7, 11) is 0. The van der Waals surface area contributed by atoms with Gasteiger partial charge in [0.15, 0.2) is 0 Å². The summed E-state index contributed by atoms with van der Waals surface area (Å²) in [6.07, 6.45) is 4.74. The fourth-order valence-corrected chi connectivity index (χ4v) is 4.21. The van der Waals surface area contributed by atoms with Gasteiger partial charge < -0.3 is 0 Å². The molecule has 2 rings (SSSR count). The third kappa shape index (κ3) is 3.46. The molecule has 0 amide bonds. The van der Waals surface area contributed by atoms with E-state index in [1.165, 1.54) is 0 Å². The first kappa shape index (κ1) is 17.2. The van der Waals surface area contributed by atoms with Crippen molar-refractivity contribution >= 4 is 11.9 Å². The van der Waals surface area contributed by atoms with Gasteiger partial charge >= 0.3 is 17.1 Å². The van der Waals surface area contributed by atoms with Gasteiger partial charge in [0.2, 0.25) is 0 Å². The highest BCUT2D eigenvalue weighted by molar-refractivity contribution is 7.98. The van der Waals surface area contributed by atoms with E-state index in [9.17, 15) is 26.3 Å². The van der Waals surface area contributed by atoms with Crippen LogP contribution in [0.4, 0.5) is 26.3 Å². The van der Waals surface area contributed by atoms with E-state index in [0.29, 0.717) is 12.3 Å². The van der Waals surface area contributed by atoms with E-state index < -0.39 is 29.0 Å². The number of rotatable bonds is 4. The van der Waals surface area contributed by atoms with Crippen molar-refractivity contribution in [1.29, 1.82) is 0 Å². The van der Waals surface area contributed by atoms with Crippen LogP contribution in [0.5, 0.6) is 0 Å². The van der Waals surface area contributed by atoms with E-state index in [1.54, 1.807) is 0 Å². The average Bonchev–Trinajstić information content (AvgIpc) is 2.36. The lowest BCUT2D eigenvalue weighted by atomic mass is 9.76. The zero-order valence-corrected chi connectivity index (χ0v) is 12.5. The summed E-state index contributed by atoms with van der Waals surface area (Å²) in [4.78, 5) is 0. The van der Waals surface area contributed by atoms with Gasteiger partial charge in [-0.1, -0.05) is 19.3 Å². The standard InChI is InChI=1S/C13H19F6NS/c1-11(14,15)12(16,17)13(18,19)21-20-7-6-9-4-2-3-5-10(9)8-20/h9-10H,2-8H2,1H3. The number of alkyl halides is 6. The van der Waals surface area contributed by atoms with E-state index >= 15 is 0 Å². The zero-order valence-electron chi connectivity index (χ0n) is 11.7. The molecule has 2 unspecified atom stereocenters. The predicted octanol–water partition coefficient (Wildman–Crippen LogP) is 5.03. The Morgan fingerprint density at radius 1 is 0.905 bits per heavy atom. The Kier molecular flexibility index (Phi) is 4.79. The summed E-state index contributed by atoms with van der Waals surface area (Å²) in [5.74, 6) is -9.45. The van der Waals surface area contributed by atoms with E-state index in [-0.39, 0.29) is 25.9 Å². The van der Waals surface area contributed by atoms with Gasteiger partial charge in [-0.25, -0.2) is 4.31 Å². The highest BCUT2D eigenvalue weighted by atomic mass is 32.2. The summed E-state index contributed by atoms with van der Waals surface area (Å²) >= 11 is -0.418. The third-order valence-electron chi connectivity index (χ3n) is 4.41. The lowest BCUT2D eigenvalue weighted by molar-refractivity contribution is -0.269. The maximum atomic E-state index is 13.6. The van der Waals surface area contributed by atoms with Crippen LogP contribution < -0.4 is 0 Å². The molecule has 0 radical (unpaired) electrons. The van der Waals surface area contributed by atoms with Crippen LogP contribution in [0, 0.1) is 11.8 Å². The summed E-state index contributed by atoms with van der Waals surface area (Å²) < 4.78 is 80.4. The molecular weight excluding hydrogens is 316 g/mol. The molecule has 2 fully saturated rings. The SMILES string of the molecule is CC(F)(F)C(F)(F)C(F)(F)SN1CCC2CCCCC2C1. The Labute approximate surface area is 124 Å². The van der Waals surface area contributed by atoms with Crippen LogP contribution >= 0.6 is 11.9 Å². The van der Waals surface area contributed by atoms with Crippen LogP contribution in [0.15, 0.2) is 0 Å². The highest BCUT2D eigenvalue weighted by Gasteiger charge is 2.70. The van der Waals surface area contributed by atoms with Crippen LogP contribution in [0.1, 0.15) is 39.0 Å². The molecule has 1 heterocycles. The lowest BCUT2D eigenvalue weighted by Gasteiger charge is -2.42. The maximum Gasteiger partial charge on any atom is 0.382 e. The number of fused-ring (bicyclic) bond motifs is 1. The Hall–Kier alpha value is -0.110. The molecule has 8 heteroatoms. The second kappa shape index (κ2) is 5.83. The summed E-state index contributed by atoms with van der Waals surface area (Å²) in [6, 6.07) is 0. The first-order valence-electron chi connectivity index (χ1n) is 7.12. The van der Waals surface area contributed by atoms with Gasteiger partial charge in [0.05, 0.1) is 0 Å². The average molecular weight is 335 g/mol. The molecule has 0 spiro atoms. The zero-order chi connectivity index (χ0) is 15.9. The number of hydrogen-bond donors (Lipinski definition) is 0. The van der Waals surface area contributed by atoms with E-state index in [1.807, 2.05) is 0 Å². The molecule has 0 bridgehead atoms. The van der Waals surface area contributed by atoms with Gasteiger partial charge in [-0.3, -0.25) is 0 Å². The molecular formula is C13H19F6NS. The Bertz CT molecular complexity index is 370. The molecule has 1 aliphatic heterocycles. The quantitative estimate of drug-likeness (QED) is 0.524. The number of hydrogen-bond acceptors (Lipinski definition) is 2. The summed E-state index contributed by atoms with van der Waals surface area (Å²) in [6.45, 7) is 0.345. The molecule has 0 aromatic carbocycles. The highest BCUT2D eigenvalue weighted by Crippen LogP contribution is 2.53. The molecule has 0 N–H and O–H groups in total. The first-order chi connectivity index (χ1) is 9.54. The van der Waals surface area contributed by atoms with Gasteiger partial charge in [-0.05, 0) is 24.7 Å². The summed E-state index contributed by atoms with van der Waals surface area (Å²) in [5, 5.41) is -4.81.